The van der Waals surface area contributed by atoms with E-state index in [1.807, 2.05) is 13.0 Å². The van der Waals surface area contributed by atoms with Crippen LogP contribution in [0.15, 0.2) is 33.2 Å². The van der Waals surface area contributed by atoms with Crippen LogP contribution in [0, 0.1) is 24.4 Å². The van der Waals surface area contributed by atoms with Gasteiger partial charge in [-0.1, -0.05) is 37.9 Å². The van der Waals surface area contributed by atoms with E-state index in [0.29, 0.717) is 10.0 Å². The summed E-state index contributed by atoms with van der Waals surface area (Å²) in [7, 11) is 0. The number of hydrogen-bond donors (Lipinski definition) is 1. The van der Waals surface area contributed by atoms with Crippen LogP contribution in [0.3, 0.4) is 0 Å². The maximum atomic E-state index is 13.8. The second-order valence-corrected chi connectivity index (χ2v) is 6.07. The van der Waals surface area contributed by atoms with Crippen molar-refractivity contribution in [3.05, 3.63) is 67.4 Å². The zero-order valence-corrected chi connectivity index (χ0v) is 13.5. The molecule has 0 radical (unpaired) electrons. The molecule has 2 rings (SSSR count). The van der Waals surface area contributed by atoms with E-state index in [1.165, 1.54) is 0 Å². The molecule has 6 heteroatoms. The fourth-order valence-electron chi connectivity index (χ4n) is 1.85. The van der Waals surface area contributed by atoms with Gasteiger partial charge in [-0.3, -0.25) is 0 Å². The second kappa shape index (κ2) is 5.87. The van der Waals surface area contributed by atoms with E-state index in [-0.39, 0.29) is 5.56 Å². The fourth-order valence-corrected chi connectivity index (χ4v) is 2.91. The van der Waals surface area contributed by atoms with Gasteiger partial charge >= 0.3 is 0 Å². The molecule has 0 aliphatic carbocycles. The molecular weight excluding hydrogens is 399 g/mol. The third kappa shape index (κ3) is 2.77. The molecule has 0 aromatic heterocycles. The predicted molar refractivity (Wildman–Crippen MR) is 78.9 cm³/mol. The monoisotopic (exact) mass is 407 g/mol. The van der Waals surface area contributed by atoms with Crippen molar-refractivity contribution < 1.29 is 13.2 Å². The Morgan fingerprint density at radius 3 is 2.25 bits per heavy atom. The van der Waals surface area contributed by atoms with Crippen molar-refractivity contribution in [2.75, 3.05) is 0 Å². The quantitative estimate of drug-likeness (QED) is 0.696. The first-order valence-corrected chi connectivity index (χ1v) is 7.26. The largest absolute Gasteiger partial charge is 0.320 e. The lowest BCUT2D eigenvalue weighted by Gasteiger charge is -2.17. The first-order chi connectivity index (χ1) is 9.32. The van der Waals surface area contributed by atoms with Gasteiger partial charge in [0, 0.05) is 14.5 Å². The molecule has 2 aromatic rings. The van der Waals surface area contributed by atoms with Crippen LogP contribution >= 0.6 is 31.9 Å². The minimum Gasteiger partial charge on any atom is -0.320 e. The third-order valence-electron chi connectivity index (χ3n) is 3.01. The van der Waals surface area contributed by atoms with Crippen molar-refractivity contribution in [3.8, 4) is 0 Å². The first kappa shape index (κ1) is 15.5. The summed E-state index contributed by atoms with van der Waals surface area (Å²) in [5.74, 6) is -4.01. The number of nitrogens with two attached hydrogens (primary N) is 1. The van der Waals surface area contributed by atoms with Crippen LogP contribution in [0.1, 0.15) is 22.7 Å². The molecule has 0 bridgehead atoms. The standard InChI is InChI=1S/C14H10Br2F3N/c1-6-4-10(16)8(5-9(6)15)14(20)7-2-3-11(17)13(19)12(7)18/h2-5,14H,20H2,1H3. The molecule has 2 N–H and O–H groups in total. The highest BCUT2D eigenvalue weighted by Crippen LogP contribution is 2.33. The summed E-state index contributed by atoms with van der Waals surface area (Å²) >= 11 is 6.71. The molecule has 0 heterocycles. The Bertz CT molecular complexity index is 672. The Hall–Kier alpha value is -0.850. The summed E-state index contributed by atoms with van der Waals surface area (Å²) in [6, 6.07) is 4.65. The highest BCUT2D eigenvalue weighted by molar-refractivity contribution is 9.11. The zero-order chi connectivity index (χ0) is 15.0. The van der Waals surface area contributed by atoms with Crippen LogP contribution in [-0.4, -0.2) is 0 Å². The second-order valence-electron chi connectivity index (χ2n) is 4.37. The topological polar surface area (TPSA) is 26.0 Å². The Labute approximate surface area is 131 Å². The van der Waals surface area contributed by atoms with E-state index < -0.39 is 23.5 Å². The molecule has 0 saturated carbocycles. The molecule has 0 amide bonds. The Kier molecular flexibility index (Phi) is 4.56. The molecule has 0 spiro atoms. The average molecular weight is 409 g/mol. The lowest BCUT2D eigenvalue weighted by Crippen LogP contribution is -2.15. The van der Waals surface area contributed by atoms with Gasteiger partial charge in [0.15, 0.2) is 17.5 Å². The molecule has 1 unspecified atom stereocenters. The minimum atomic E-state index is -1.51. The minimum absolute atomic E-state index is 0.0969. The normalized spacial score (nSPS) is 12.6. The van der Waals surface area contributed by atoms with Crippen molar-refractivity contribution in [1.29, 1.82) is 0 Å². The van der Waals surface area contributed by atoms with Gasteiger partial charge in [0.1, 0.15) is 0 Å². The smallest absolute Gasteiger partial charge is 0.194 e. The van der Waals surface area contributed by atoms with Gasteiger partial charge in [0.25, 0.3) is 0 Å². The van der Waals surface area contributed by atoms with Gasteiger partial charge in [-0.15, -0.1) is 0 Å². The lowest BCUT2D eigenvalue weighted by molar-refractivity contribution is 0.438. The maximum absolute atomic E-state index is 13.8. The summed E-state index contributed by atoms with van der Waals surface area (Å²) in [5, 5.41) is 0. The summed E-state index contributed by atoms with van der Waals surface area (Å²) in [5.41, 5.74) is 7.43. The number of rotatable bonds is 2. The predicted octanol–water partition coefficient (Wildman–Crippen LogP) is 4.99. The van der Waals surface area contributed by atoms with Crippen LogP contribution in [0.25, 0.3) is 0 Å². The van der Waals surface area contributed by atoms with Crippen LogP contribution < -0.4 is 5.73 Å². The van der Waals surface area contributed by atoms with Gasteiger partial charge in [0.2, 0.25) is 0 Å². The van der Waals surface area contributed by atoms with Gasteiger partial charge in [-0.2, -0.15) is 0 Å². The van der Waals surface area contributed by atoms with Crippen molar-refractivity contribution >= 4 is 31.9 Å². The number of hydrogen-bond acceptors (Lipinski definition) is 1. The fraction of sp³-hybridized carbons (Fsp3) is 0.143. The molecule has 0 fully saturated rings. The van der Waals surface area contributed by atoms with Crippen LogP contribution in [0.4, 0.5) is 13.2 Å². The van der Waals surface area contributed by atoms with E-state index in [1.54, 1.807) is 6.07 Å². The molecule has 20 heavy (non-hydrogen) atoms. The Balaban J connectivity index is 2.55. The van der Waals surface area contributed by atoms with Gasteiger partial charge < -0.3 is 5.73 Å². The zero-order valence-electron chi connectivity index (χ0n) is 10.4. The molecule has 106 valence electrons. The van der Waals surface area contributed by atoms with Gasteiger partial charge in [0.05, 0.1) is 6.04 Å². The molecule has 2 aromatic carbocycles. The van der Waals surface area contributed by atoms with Crippen molar-refractivity contribution in [2.45, 2.75) is 13.0 Å². The van der Waals surface area contributed by atoms with Crippen LogP contribution in [-0.2, 0) is 0 Å². The van der Waals surface area contributed by atoms with Gasteiger partial charge in [-0.25, -0.2) is 13.2 Å². The first-order valence-electron chi connectivity index (χ1n) is 5.67. The molecule has 0 aliphatic rings. The summed E-state index contributed by atoms with van der Waals surface area (Å²) in [6.45, 7) is 1.89. The molecular formula is C14H10Br2F3N. The van der Waals surface area contributed by atoms with E-state index in [9.17, 15) is 13.2 Å². The number of halogens is 5. The van der Waals surface area contributed by atoms with E-state index >= 15 is 0 Å². The van der Waals surface area contributed by atoms with Crippen molar-refractivity contribution in [1.82, 2.24) is 0 Å². The highest BCUT2D eigenvalue weighted by atomic mass is 79.9. The number of aryl methyl sites for hydroxylation is 1. The maximum Gasteiger partial charge on any atom is 0.194 e. The Morgan fingerprint density at radius 1 is 0.950 bits per heavy atom. The van der Waals surface area contributed by atoms with Crippen molar-refractivity contribution in [3.63, 3.8) is 0 Å². The van der Waals surface area contributed by atoms with Crippen molar-refractivity contribution in [2.24, 2.45) is 5.73 Å². The highest BCUT2D eigenvalue weighted by Gasteiger charge is 2.21. The van der Waals surface area contributed by atoms with Gasteiger partial charge in [-0.05, 0) is 36.2 Å². The molecule has 1 nitrogen and oxygen atoms in total. The van der Waals surface area contributed by atoms with E-state index in [0.717, 1.165) is 22.2 Å². The molecule has 0 saturated heterocycles. The lowest BCUT2D eigenvalue weighted by atomic mass is 9.98. The third-order valence-corrected chi connectivity index (χ3v) is 4.55. The van der Waals surface area contributed by atoms with Crippen LogP contribution in [0.2, 0.25) is 0 Å². The van der Waals surface area contributed by atoms with E-state index in [2.05, 4.69) is 31.9 Å². The Morgan fingerprint density at radius 2 is 1.60 bits per heavy atom. The summed E-state index contributed by atoms with van der Waals surface area (Å²) in [4.78, 5) is 0. The van der Waals surface area contributed by atoms with E-state index in [4.69, 9.17) is 5.73 Å². The molecule has 1 atom stereocenters. The molecule has 0 aliphatic heterocycles. The average Bonchev–Trinajstić information content (AvgIpc) is 2.40. The van der Waals surface area contributed by atoms with Crippen LogP contribution in [0.5, 0.6) is 0 Å². The SMILES string of the molecule is Cc1cc(Br)c(C(N)c2ccc(F)c(F)c2F)cc1Br. The number of benzene rings is 2. The summed E-state index contributed by atoms with van der Waals surface area (Å²) < 4.78 is 41.5. The summed E-state index contributed by atoms with van der Waals surface area (Å²) in [6.07, 6.45) is 0.